The van der Waals surface area contributed by atoms with E-state index in [1.807, 2.05) is 12.1 Å². The maximum absolute atomic E-state index is 11.4. The molecule has 0 saturated carbocycles. The zero-order valence-electron chi connectivity index (χ0n) is 10.3. The molecule has 1 saturated heterocycles. The molecule has 0 aliphatic carbocycles. The quantitative estimate of drug-likeness (QED) is 0.877. The molecule has 1 fully saturated rings. The summed E-state index contributed by atoms with van der Waals surface area (Å²) < 4.78 is 5.43. The van der Waals surface area contributed by atoms with Crippen molar-refractivity contribution >= 4 is 5.97 Å². The van der Waals surface area contributed by atoms with Gasteiger partial charge in [0, 0.05) is 6.04 Å². The SMILES string of the molecule is CC(C)N1CCC[C@H](C(=O)O)[C@H]1c1ccco1. The summed E-state index contributed by atoms with van der Waals surface area (Å²) in [5, 5.41) is 9.34. The minimum atomic E-state index is -0.725. The number of hydrogen-bond acceptors (Lipinski definition) is 3. The van der Waals surface area contributed by atoms with Crippen LogP contribution in [0.15, 0.2) is 22.8 Å². The average Bonchev–Trinajstić information content (AvgIpc) is 2.80. The second kappa shape index (κ2) is 4.92. The fourth-order valence-corrected chi connectivity index (χ4v) is 2.68. The summed E-state index contributed by atoms with van der Waals surface area (Å²) in [5.74, 6) is -0.320. The number of furan rings is 1. The molecule has 94 valence electrons. The summed E-state index contributed by atoms with van der Waals surface area (Å²) in [7, 11) is 0. The molecule has 17 heavy (non-hydrogen) atoms. The van der Waals surface area contributed by atoms with E-state index in [4.69, 9.17) is 4.42 Å². The van der Waals surface area contributed by atoms with Crippen molar-refractivity contribution in [2.75, 3.05) is 6.54 Å². The van der Waals surface area contributed by atoms with Crippen LogP contribution in [0, 0.1) is 5.92 Å². The lowest BCUT2D eigenvalue weighted by Gasteiger charge is -2.40. The van der Waals surface area contributed by atoms with E-state index in [9.17, 15) is 9.90 Å². The van der Waals surface area contributed by atoms with Crippen molar-refractivity contribution in [2.24, 2.45) is 5.92 Å². The molecule has 4 heteroatoms. The third kappa shape index (κ3) is 2.36. The topological polar surface area (TPSA) is 53.7 Å². The summed E-state index contributed by atoms with van der Waals surface area (Å²) in [6, 6.07) is 3.89. The van der Waals surface area contributed by atoms with E-state index in [-0.39, 0.29) is 12.0 Å². The van der Waals surface area contributed by atoms with Crippen molar-refractivity contribution in [1.29, 1.82) is 0 Å². The first-order valence-corrected chi connectivity index (χ1v) is 6.13. The molecule has 2 heterocycles. The van der Waals surface area contributed by atoms with E-state index < -0.39 is 5.97 Å². The first kappa shape index (κ1) is 12.2. The lowest BCUT2D eigenvalue weighted by Crippen LogP contribution is -2.45. The third-order valence-electron chi connectivity index (χ3n) is 3.49. The van der Waals surface area contributed by atoms with Gasteiger partial charge in [-0.1, -0.05) is 0 Å². The van der Waals surface area contributed by atoms with Gasteiger partial charge in [-0.15, -0.1) is 0 Å². The normalized spacial score (nSPS) is 26.3. The van der Waals surface area contributed by atoms with Crippen LogP contribution >= 0.6 is 0 Å². The molecule has 0 amide bonds. The van der Waals surface area contributed by atoms with Gasteiger partial charge in [0.1, 0.15) is 5.76 Å². The van der Waals surface area contributed by atoms with Crippen LogP contribution in [0.25, 0.3) is 0 Å². The molecule has 0 radical (unpaired) electrons. The highest BCUT2D eigenvalue weighted by Crippen LogP contribution is 2.37. The Bertz CT molecular complexity index is 372. The van der Waals surface area contributed by atoms with Gasteiger partial charge in [0.05, 0.1) is 18.2 Å². The number of carboxylic acid groups (broad SMARTS) is 1. The molecule has 4 nitrogen and oxygen atoms in total. The largest absolute Gasteiger partial charge is 0.481 e. The molecule has 1 N–H and O–H groups in total. The maximum atomic E-state index is 11.4. The van der Waals surface area contributed by atoms with E-state index in [1.54, 1.807) is 6.26 Å². The number of carboxylic acids is 1. The summed E-state index contributed by atoms with van der Waals surface area (Å²) >= 11 is 0. The van der Waals surface area contributed by atoms with Crippen LogP contribution < -0.4 is 0 Å². The lowest BCUT2D eigenvalue weighted by atomic mass is 9.86. The molecule has 0 bridgehead atoms. The number of hydrogen-bond donors (Lipinski definition) is 1. The van der Waals surface area contributed by atoms with Gasteiger partial charge in [0.15, 0.2) is 0 Å². The van der Waals surface area contributed by atoms with Crippen LogP contribution in [0.2, 0.25) is 0 Å². The highest BCUT2D eigenvalue weighted by molar-refractivity contribution is 5.71. The first-order valence-electron chi connectivity index (χ1n) is 6.13. The van der Waals surface area contributed by atoms with Crippen LogP contribution in [-0.2, 0) is 4.79 Å². The molecule has 1 aliphatic heterocycles. The van der Waals surface area contributed by atoms with Gasteiger partial charge in [0.2, 0.25) is 0 Å². The molecule has 0 unspecified atom stereocenters. The Balaban J connectivity index is 2.32. The predicted molar refractivity (Wildman–Crippen MR) is 63.7 cm³/mol. The Morgan fingerprint density at radius 2 is 2.35 bits per heavy atom. The van der Waals surface area contributed by atoms with Gasteiger partial charge in [-0.05, 0) is 45.4 Å². The molecular formula is C13H19NO3. The van der Waals surface area contributed by atoms with Crippen LogP contribution in [0.5, 0.6) is 0 Å². The number of aliphatic carboxylic acids is 1. The molecule has 2 rings (SSSR count). The Kier molecular flexibility index (Phi) is 3.52. The second-order valence-electron chi connectivity index (χ2n) is 4.88. The minimum Gasteiger partial charge on any atom is -0.481 e. The molecule has 1 aliphatic rings. The minimum absolute atomic E-state index is 0.128. The van der Waals surface area contributed by atoms with Crippen LogP contribution in [0.4, 0.5) is 0 Å². The van der Waals surface area contributed by atoms with Gasteiger partial charge >= 0.3 is 5.97 Å². The summed E-state index contributed by atoms with van der Waals surface area (Å²) in [4.78, 5) is 13.6. The van der Waals surface area contributed by atoms with E-state index in [0.717, 1.165) is 25.1 Å². The van der Waals surface area contributed by atoms with E-state index >= 15 is 0 Å². The van der Waals surface area contributed by atoms with Crippen molar-refractivity contribution in [3.8, 4) is 0 Å². The number of carbonyl (C=O) groups is 1. The number of rotatable bonds is 3. The highest BCUT2D eigenvalue weighted by atomic mass is 16.4. The maximum Gasteiger partial charge on any atom is 0.308 e. The number of nitrogens with zero attached hydrogens (tertiary/aromatic N) is 1. The first-order chi connectivity index (χ1) is 8.11. The summed E-state index contributed by atoms with van der Waals surface area (Å²) in [5.41, 5.74) is 0. The van der Waals surface area contributed by atoms with E-state index in [0.29, 0.717) is 6.04 Å². The van der Waals surface area contributed by atoms with Crippen LogP contribution in [-0.4, -0.2) is 28.6 Å². The Labute approximate surface area is 101 Å². The molecule has 1 aromatic heterocycles. The van der Waals surface area contributed by atoms with Gasteiger partial charge < -0.3 is 9.52 Å². The fourth-order valence-electron chi connectivity index (χ4n) is 2.68. The second-order valence-corrected chi connectivity index (χ2v) is 4.88. The zero-order valence-corrected chi connectivity index (χ0v) is 10.3. The van der Waals surface area contributed by atoms with Crippen molar-refractivity contribution in [3.63, 3.8) is 0 Å². The number of piperidine rings is 1. The highest BCUT2D eigenvalue weighted by Gasteiger charge is 2.39. The van der Waals surface area contributed by atoms with Crippen LogP contribution in [0.3, 0.4) is 0 Å². The summed E-state index contributed by atoms with van der Waals surface area (Å²) in [6.07, 6.45) is 3.28. The zero-order chi connectivity index (χ0) is 12.4. The fraction of sp³-hybridized carbons (Fsp3) is 0.615. The van der Waals surface area contributed by atoms with Crippen LogP contribution in [0.1, 0.15) is 38.5 Å². The molecular weight excluding hydrogens is 218 g/mol. The Morgan fingerprint density at radius 3 is 2.88 bits per heavy atom. The van der Waals surface area contributed by atoms with Gasteiger partial charge in [-0.3, -0.25) is 9.69 Å². The molecule has 1 aromatic rings. The monoisotopic (exact) mass is 237 g/mol. The predicted octanol–water partition coefficient (Wildman–Crippen LogP) is 2.53. The standard InChI is InChI=1S/C13H19NO3/c1-9(2)14-7-3-5-10(13(15)16)12(14)11-6-4-8-17-11/h4,6,8-10,12H,3,5,7H2,1-2H3,(H,15,16)/t10-,12-/m0/s1. The van der Waals surface area contributed by atoms with Crippen molar-refractivity contribution < 1.29 is 14.3 Å². The van der Waals surface area contributed by atoms with E-state index in [2.05, 4.69) is 18.7 Å². The molecule has 2 atom stereocenters. The van der Waals surface area contributed by atoms with Crippen molar-refractivity contribution in [1.82, 2.24) is 4.90 Å². The molecule has 0 aromatic carbocycles. The Morgan fingerprint density at radius 1 is 1.59 bits per heavy atom. The smallest absolute Gasteiger partial charge is 0.308 e. The Hall–Kier alpha value is -1.29. The van der Waals surface area contributed by atoms with E-state index in [1.165, 1.54) is 0 Å². The third-order valence-corrected chi connectivity index (χ3v) is 3.49. The van der Waals surface area contributed by atoms with Gasteiger partial charge in [0.25, 0.3) is 0 Å². The van der Waals surface area contributed by atoms with Gasteiger partial charge in [-0.2, -0.15) is 0 Å². The van der Waals surface area contributed by atoms with Crippen molar-refractivity contribution in [2.45, 2.75) is 38.8 Å². The number of likely N-dealkylation sites (tertiary alicyclic amines) is 1. The summed E-state index contributed by atoms with van der Waals surface area (Å²) in [6.45, 7) is 5.13. The van der Waals surface area contributed by atoms with Crippen molar-refractivity contribution in [3.05, 3.63) is 24.2 Å². The lowest BCUT2D eigenvalue weighted by molar-refractivity contribution is -0.147. The molecule has 0 spiro atoms. The van der Waals surface area contributed by atoms with Gasteiger partial charge in [-0.25, -0.2) is 0 Å². The average molecular weight is 237 g/mol.